The third-order valence-corrected chi connectivity index (χ3v) is 4.77. The molecule has 0 amide bonds. The third-order valence-electron chi connectivity index (χ3n) is 4.18. The van der Waals surface area contributed by atoms with Crippen LogP contribution < -0.4 is 5.32 Å². The molecule has 18 heavy (non-hydrogen) atoms. The topological polar surface area (TPSA) is 15.3 Å². The van der Waals surface area contributed by atoms with Crippen LogP contribution in [0.1, 0.15) is 18.4 Å². The Morgan fingerprint density at radius 2 is 2.17 bits per heavy atom. The van der Waals surface area contributed by atoms with E-state index in [2.05, 4.69) is 16.3 Å². The molecule has 0 bridgehead atoms. The molecule has 2 atom stereocenters. The molecule has 0 aromatic heterocycles. The lowest BCUT2D eigenvalue weighted by molar-refractivity contribution is 0.117. The van der Waals surface area contributed by atoms with Gasteiger partial charge in [0.15, 0.2) is 0 Å². The number of fused-ring (bicyclic) bond motifs is 1. The highest BCUT2D eigenvalue weighted by atomic mass is 35.5. The molecular weight excluding hydrogens is 267 g/mol. The summed E-state index contributed by atoms with van der Waals surface area (Å²) in [6, 6.07) is 6.51. The van der Waals surface area contributed by atoms with Gasteiger partial charge in [0.05, 0.1) is 0 Å². The predicted octanol–water partition coefficient (Wildman–Crippen LogP) is 3.18. The standard InChI is InChI=1S/C14H18Cl2N2/c15-12-4-3-11(13(16)6-12)9-18-5-1-2-10-7-17-8-14(10)18/h3-4,6,10,14,17H,1-2,5,7-9H2. The van der Waals surface area contributed by atoms with Gasteiger partial charge in [0, 0.05) is 29.2 Å². The van der Waals surface area contributed by atoms with Gasteiger partial charge in [-0.05, 0) is 49.5 Å². The highest BCUT2D eigenvalue weighted by molar-refractivity contribution is 6.35. The summed E-state index contributed by atoms with van der Waals surface area (Å²) in [5, 5.41) is 5.01. The molecule has 1 N–H and O–H groups in total. The van der Waals surface area contributed by atoms with Gasteiger partial charge in [-0.3, -0.25) is 4.90 Å². The number of nitrogens with zero attached hydrogens (tertiary/aromatic N) is 1. The van der Waals surface area contributed by atoms with Gasteiger partial charge in [0.1, 0.15) is 0 Å². The largest absolute Gasteiger partial charge is 0.315 e. The van der Waals surface area contributed by atoms with E-state index in [1.807, 2.05) is 12.1 Å². The van der Waals surface area contributed by atoms with Crippen LogP contribution >= 0.6 is 23.2 Å². The minimum absolute atomic E-state index is 0.686. The van der Waals surface area contributed by atoms with E-state index in [4.69, 9.17) is 23.2 Å². The second kappa shape index (κ2) is 5.38. The predicted molar refractivity (Wildman–Crippen MR) is 76.3 cm³/mol. The van der Waals surface area contributed by atoms with E-state index in [1.54, 1.807) is 0 Å². The average molecular weight is 285 g/mol. The van der Waals surface area contributed by atoms with Crippen molar-refractivity contribution in [3.8, 4) is 0 Å². The summed E-state index contributed by atoms with van der Waals surface area (Å²) in [4.78, 5) is 2.57. The van der Waals surface area contributed by atoms with Crippen molar-refractivity contribution in [1.29, 1.82) is 0 Å². The molecule has 2 heterocycles. The van der Waals surface area contributed by atoms with Crippen LogP contribution in [-0.4, -0.2) is 30.6 Å². The van der Waals surface area contributed by atoms with Crippen molar-refractivity contribution >= 4 is 23.2 Å². The zero-order valence-electron chi connectivity index (χ0n) is 10.3. The maximum absolute atomic E-state index is 6.26. The highest BCUT2D eigenvalue weighted by Crippen LogP contribution is 2.29. The van der Waals surface area contributed by atoms with Crippen molar-refractivity contribution in [1.82, 2.24) is 10.2 Å². The molecule has 2 aliphatic rings. The molecular formula is C14H18Cl2N2. The van der Waals surface area contributed by atoms with Crippen LogP contribution in [0.2, 0.25) is 10.0 Å². The molecule has 0 aliphatic carbocycles. The van der Waals surface area contributed by atoms with Crippen molar-refractivity contribution in [2.24, 2.45) is 5.92 Å². The van der Waals surface area contributed by atoms with E-state index in [0.717, 1.165) is 24.0 Å². The van der Waals surface area contributed by atoms with Crippen LogP contribution in [0.3, 0.4) is 0 Å². The molecule has 2 fully saturated rings. The monoisotopic (exact) mass is 284 g/mol. The van der Waals surface area contributed by atoms with Crippen molar-refractivity contribution in [2.45, 2.75) is 25.4 Å². The van der Waals surface area contributed by atoms with E-state index in [-0.39, 0.29) is 0 Å². The summed E-state index contributed by atoms with van der Waals surface area (Å²) >= 11 is 12.2. The van der Waals surface area contributed by atoms with E-state index < -0.39 is 0 Å². The summed E-state index contributed by atoms with van der Waals surface area (Å²) in [7, 11) is 0. The van der Waals surface area contributed by atoms with Crippen LogP contribution in [-0.2, 0) is 6.54 Å². The minimum atomic E-state index is 0.686. The fourth-order valence-corrected chi connectivity index (χ4v) is 3.70. The lowest BCUT2D eigenvalue weighted by atomic mass is 9.91. The number of benzene rings is 1. The molecule has 4 heteroatoms. The SMILES string of the molecule is Clc1ccc(CN2CCCC3CNCC32)c(Cl)c1. The van der Waals surface area contributed by atoms with Gasteiger partial charge in [-0.15, -0.1) is 0 Å². The first-order valence-electron chi connectivity index (χ1n) is 6.63. The number of piperidine rings is 1. The number of likely N-dealkylation sites (tertiary alicyclic amines) is 1. The summed E-state index contributed by atoms with van der Waals surface area (Å²) in [5.74, 6) is 0.824. The first-order chi connectivity index (χ1) is 8.74. The lowest BCUT2D eigenvalue weighted by Crippen LogP contribution is -2.44. The first kappa shape index (κ1) is 12.7. The molecule has 2 aliphatic heterocycles. The van der Waals surface area contributed by atoms with Crippen LogP contribution in [0.25, 0.3) is 0 Å². The van der Waals surface area contributed by atoms with Crippen molar-refractivity contribution in [3.05, 3.63) is 33.8 Å². The Morgan fingerprint density at radius 3 is 3.00 bits per heavy atom. The Kier molecular flexibility index (Phi) is 3.81. The molecule has 0 radical (unpaired) electrons. The highest BCUT2D eigenvalue weighted by Gasteiger charge is 2.34. The first-order valence-corrected chi connectivity index (χ1v) is 7.38. The van der Waals surface area contributed by atoms with Crippen LogP contribution in [0.5, 0.6) is 0 Å². The van der Waals surface area contributed by atoms with E-state index in [1.165, 1.54) is 31.5 Å². The zero-order chi connectivity index (χ0) is 12.5. The molecule has 3 rings (SSSR count). The van der Waals surface area contributed by atoms with Crippen LogP contribution in [0.4, 0.5) is 0 Å². The minimum Gasteiger partial charge on any atom is -0.315 e. The van der Waals surface area contributed by atoms with Gasteiger partial charge in [0.2, 0.25) is 0 Å². The quantitative estimate of drug-likeness (QED) is 0.898. The molecule has 1 aromatic carbocycles. The Bertz CT molecular complexity index is 436. The molecule has 0 spiro atoms. The maximum atomic E-state index is 6.26. The van der Waals surface area contributed by atoms with Gasteiger partial charge >= 0.3 is 0 Å². The van der Waals surface area contributed by atoms with Gasteiger partial charge < -0.3 is 5.32 Å². The van der Waals surface area contributed by atoms with Crippen molar-refractivity contribution in [3.63, 3.8) is 0 Å². The number of hydrogen-bond acceptors (Lipinski definition) is 2. The number of halogens is 2. The zero-order valence-corrected chi connectivity index (χ0v) is 11.8. The molecule has 2 unspecified atom stereocenters. The molecule has 2 saturated heterocycles. The van der Waals surface area contributed by atoms with Gasteiger partial charge in [0.25, 0.3) is 0 Å². The molecule has 98 valence electrons. The lowest BCUT2D eigenvalue weighted by Gasteiger charge is -2.37. The molecule has 2 nitrogen and oxygen atoms in total. The summed E-state index contributed by atoms with van der Waals surface area (Å²) in [6.45, 7) is 4.42. The van der Waals surface area contributed by atoms with Gasteiger partial charge in [-0.25, -0.2) is 0 Å². The van der Waals surface area contributed by atoms with Crippen LogP contribution in [0.15, 0.2) is 18.2 Å². The van der Waals surface area contributed by atoms with Crippen molar-refractivity contribution in [2.75, 3.05) is 19.6 Å². The molecule has 1 aromatic rings. The number of rotatable bonds is 2. The number of hydrogen-bond donors (Lipinski definition) is 1. The van der Waals surface area contributed by atoms with Gasteiger partial charge in [-0.2, -0.15) is 0 Å². The van der Waals surface area contributed by atoms with E-state index in [9.17, 15) is 0 Å². The van der Waals surface area contributed by atoms with Gasteiger partial charge in [-0.1, -0.05) is 29.3 Å². The Labute approximate surface area is 118 Å². The normalized spacial score (nSPS) is 28.3. The third kappa shape index (κ3) is 2.53. The Hall–Kier alpha value is -0.280. The summed E-state index contributed by atoms with van der Waals surface area (Å²) in [6.07, 6.45) is 2.66. The Balaban J connectivity index is 1.75. The fourth-order valence-electron chi connectivity index (χ4n) is 3.23. The summed E-state index contributed by atoms with van der Waals surface area (Å²) in [5.41, 5.74) is 1.19. The second-order valence-corrected chi connectivity index (χ2v) is 6.18. The smallest absolute Gasteiger partial charge is 0.0465 e. The Morgan fingerprint density at radius 1 is 1.28 bits per heavy atom. The maximum Gasteiger partial charge on any atom is 0.0465 e. The second-order valence-electron chi connectivity index (χ2n) is 5.33. The summed E-state index contributed by atoms with van der Waals surface area (Å²) < 4.78 is 0. The molecule has 0 saturated carbocycles. The van der Waals surface area contributed by atoms with Crippen LogP contribution in [0, 0.1) is 5.92 Å². The van der Waals surface area contributed by atoms with E-state index in [0.29, 0.717) is 11.1 Å². The number of nitrogens with one attached hydrogen (secondary N) is 1. The van der Waals surface area contributed by atoms with Crippen molar-refractivity contribution < 1.29 is 0 Å². The van der Waals surface area contributed by atoms with E-state index >= 15 is 0 Å². The fraction of sp³-hybridized carbons (Fsp3) is 0.571. The average Bonchev–Trinajstić information content (AvgIpc) is 2.82.